The zero-order valence-electron chi connectivity index (χ0n) is 11.2. The fourth-order valence-electron chi connectivity index (χ4n) is 1.74. The smallest absolute Gasteiger partial charge is 0.338 e. The molecule has 1 aromatic heterocycles. The zero-order valence-corrected chi connectivity index (χ0v) is 11.2. The molecule has 2 aromatic rings. The lowest BCUT2D eigenvalue weighted by Crippen LogP contribution is -2.09. The summed E-state index contributed by atoms with van der Waals surface area (Å²) in [6.45, 7) is 0.280. The average molecular weight is 272 g/mol. The minimum Gasteiger partial charge on any atom is -0.495 e. The molecule has 0 aliphatic heterocycles. The van der Waals surface area contributed by atoms with E-state index in [1.165, 1.54) is 7.11 Å². The van der Waals surface area contributed by atoms with Crippen LogP contribution in [0.5, 0.6) is 5.75 Å². The highest BCUT2D eigenvalue weighted by atomic mass is 16.5. The van der Waals surface area contributed by atoms with Crippen LogP contribution in [0.3, 0.4) is 0 Å². The molecule has 1 heterocycles. The molecule has 20 heavy (non-hydrogen) atoms. The van der Waals surface area contributed by atoms with Gasteiger partial charge >= 0.3 is 5.97 Å². The van der Waals surface area contributed by atoms with Crippen LogP contribution in [0.2, 0.25) is 0 Å². The molecule has 0 amide bonds. The highest BCUT2D eigenvalue weighted by Gasteiger charge is 2.09. The zero-order chi connectivity index (χ0) is 14.4. The van der Waals surface area contributed by atoms with Gasteiger partial charge in [0.1, 0.15) is 5.75 Å². The van der Waals surface area contributed by atoms with Crippen molar-refractivity contribution < 1.29 is 14.3 Å². The summed E-state index contributed by atoms with van der Waals surface area (Å²) in [4.78, 5) is 16.0. The van der Waals surface area contributed by atoms with Gasteiger partial charge in [0.2, 0.25) is 0 Å². The van der Waals surface area contributed by atoms with Gasteiger partial charge in [-0.2, -0.15) is 0 Å². The van der Waals surface area contributed by atoms with Crippen molar-refractivity contribution >= 4 is 11.7 Å². The second-order valence-electron chi connectivity index (χ2n) is 4.16. The number of ether oxygens (including phenoxy) is 2. The standard InChI is InChI=1S/C15H16N2O3/c1-19-14-6-5-11(10-13(14)16)15(18)20-9-7-12-4-2-3-8-17-12/h2-6,8,10H,7,9,16H2,1H3. The summed E-state index contributed by atoms with van der Waals surface area (Å²) in [6.07, 6.45) is 2.29. The molecule has 0 atom stereocenters. The van der Waals surface area contributed by atoms with Crippen LogP contribution in [0.25, 0.3) is 0 Å². The summed E-state index contributed by atoms with van der Waals surface area (Å²) in [5.74, 6) is 0.130. The van der Waals surface area contributed by atoms with Crippen molar-refractivity contribution in [3.05, 3.63) is 53.9 Å². The SMILES string of the molecule is COc1ccc(C(=O)OCCc2ccccn2)cc1N. The van der Waals surface area contributed by atoms with Gasteiger partial charge < -0.3 is 15.2 Å². The van der Waals surface area contributed by atoms with Crippen molar-refractivity contribution in [3.8, 4) is 5.75 Å². The minimum absolute atomic E-state index is 0.280. The fraction of sp³-hybridized carbons (Fsp3) is 0.200. The number of hydrogen-bond acceptors (Lipinski definition) is 5. The molecule has 0 unspecified atom stereocenters. The predicted octanol–water partition coefficient (Wildman–Crippen LogP) is 2.07. The molecule has 104 valence electrons. The van der Waals surface area contributed by atoms with Crippen LogP contribution in [0.1, 0.15) is 16.1 Å². The number of rotatable bonds is 5. The number of esters is 1. The monoisotopic (exact) mass is 272 g/mol. The second kappa shape index (κ2) is 6.56. The molecule has 0 saturated carbocycles. The summed E-state index contributed by atoms with van der Waals surface area (Å²) < 4.78 is 10.2. The molecule has 0 bridgehead atoms. The molecule has 2 N–H and O–H groups in total. The number of pyridine rings is 1. The predicted molar refractivity (Wildman–Crippen MR) is 75.6 cm³/mol. The van der Waals surface area contributed by atoms with Gasteiger partial charge in [0.15, 0.2) is 0 Å². The summed E-state index contributed by atoms with van der Waals surface area (Å²) >= 11 is 0. The van der Waals surface area contributed by atoms with E-state index in [0.29, 0.717) is 23.4 Å². The lowest BCUT2D eigenvalue weighted by Gasteiger charge is -2.07. The quantitative estimate of drug-likeness (QED) is 0.666. The molecule has 0 radical (unpaired) electrons. The third-order valence-electron chi connectivity index (χ3n) is 2.78. The number of nitrogen functional groups attached to an aromatic ring is 1. The Morgan fingerprint density at radius 1 is 1.30 bits per heavy atom. The number of hydrogen-bond donors (Lipinski definition) is 1. The van der Waals surface area contributed by atoms with Crippen molar-refractivity contribution in [2.24, 2.45) is 0 Å². The molecule has 1 aromatic carbocycles. The Bertz CT molecular complexity index is 585. The topological polar surface area (TPSA) is 74.4 Å². The first-order chi connectivity index (χ1) is 9.70. The minimum atomic E-state index is -0.407. The van der Waals surface area contributed by atoms with Gasteiger partial charge in [-0.15, -0.1) is 0 Å². The third-order valence-corrected chi connectivity index (χ3v) is 2.78. The Labute approximate surface area is 117 Å². The Morgan fingerprint density at radius 2 is 2.15 bits per heavy atom. The van der Waals surface area contributed by atoms with Crippen LogP contribution >= 0.6 is 0 Å². The number of nitrogens with two attached hydrogens (primary N) is 1. The van der Waals surface area contributed by atoms with Crippen molar-refractivity contribution in [2.75, 3.05) is 19.5 Å². The molecular weight excluding hydrogens is 256 g/mol. The van der Waals surface area contributed by atoms with Crippen LogP contribution in [0.15, 0.2) is 42.6 Å². The lowest BCUT2D eigenvalue weighted by molar-refractivity contribution is 0.0508. The molecule has 0 spiro atoms. The maximum atomic E-state index is 11.8. The Morgan fingerprint density at radius 3 is 2.80 bits per heavy atom. The first-order valence-corrected chi connectivity index (χ1v) is 6.21. The Kier molecular flexibility index (Phi) is 4.55. The molecule has 2 rings (SSSR count). The van der Waals surface area contributed by atoms with E-state index in [2.05, 4.69) is 4.98 Å². The fourth-order valence-corrected chi connectivity index (χ4v) is 1.74. The molecule has 0 aliphatic carbocycles. The van der Waals surface area contributed by atoms with Gasteiger partial charge in [-0.25, -0.2) is 4.79 Å². The summed E-state index contributed by atoms with van der Waals surface area (Å²) in [5.41, 5.74) is 7.45. The van der Waals surface area contributed by atoms with Crippen LogP contribution < -0.4 is 10.5 Å². The summed E-state index contributed by atoms with van der Waals surface area (Å²) in [6, 6.07) is 10.4. The van der Waals surface area contributed by atoms with Crippen molar-refractivity contribution in [3.63, 3.8) is 0 Å². The van der Waals surface area contributed by atoms with E-state index < -0.39 is 5.97 Å². The normalized spacial score (nSPS) is 10.1. The average Bonchev–Trinajstić information content (AvgIpc) is 2.48. The maximum Gasteiger partial charge on any atom is 0.338 e. The van der Waals surface area contributed by atoms with Crippen LogP contribution in [-0.4, -0.2) is 24.7 Å². The second-order valence-corrected chi connectivity index (χ2v) is 4.16. The van der Waals surface area contributed by atoms with Crippen LogP contribution in [0.4, 0.5) is 5.69 Å². The van der Waals surface area contributed by atoms with Gasteiger partial charge in [-0.05, 0) is 30.3 Å². The highest BCUT2D eigenvalue weighted by molar-refractivity contribution is 5.91. The lowest BCUT2D eigenvalue weighted by atomic mass is 10.2. The Balaban J connectivity index is 1.90. The van der Waals surface area contributed by atoms with E-state index in [4.69, 9.17) is 15.2 Å². The number of benzene rings is 1. The molecule has 0 fully saturated rings. The maximum absolute atomic E-state index is 11.8. The van der Waals surface area contributed by atoms with Gasteiger partial charge in [0.05, 0.1) is 25.0 Å². The van der Waals surface area contributed by atoms with E-state index >= 15 is 0 Å². The first-order valence-electron chi connectivity index (χ1n) is 6.21. The number of anilines is 1. The molecule has 0 saturated heterocycles. The van der Waals surface area contributed by atoms with Crippen LogP contribution in [0, 0.1) is 0 Å². The van der Waals surface area contributed by atoms with Gasteiger partial charge in [0, 0.05) is 18.3 Å². The van der Waals surface area contributed by atoms with Crippen molar-refractivity contribution in [1.82, 2.24) is 4.98 Å². The molecular formula is C15H16N2O3. The number of carbonyl (C=O) groups excluding carboxylic acids is 1. The van der Waals surface area contributed by atoms with E-state index in [-0.39, 0.29) is 6.61 Å². The molecule has 5 nitrogen and oxygen atoms in total. The molecule has 5 heteroatoms. The largest absolute Gasteiger partial charge is 0.495 e. The van der Waals surface area contributed by atoms with Gasteiger partial charge in [-0.3, -0.25) is 4.98 Å². The van der Waals surface area contributed by atoms with E-state index in [1.807, 2.05) is 18.2 Å². The third kappa shape index (κ3) is 3.47. The first kappa shape index (κ1) is 13.9. The number of methoxy groups -OCH3 is 1. The van der Waals surface area contributed by atoms with Crippen molar-refractivity contribution in [2.45, 2.75) is 6.42 Å². The molecule has 0 aliphatic rings. The van der Waals surface area contributed by atoms with Crippen LogP contribution in [-0.2, 0) is 11.2 Å². The van der Waals surface area contributed by atoms with E-state index in [1.54, 1.807) is 24.4 Å². The van der Waals surface area contributed by atoms with Crippen molar-refractivity contribution in [1.29, 1.82) is 0 Å². The van der Waals surface area contributed by atoms with E-state index in [9.17, 15) is 4.79 Å². The highest BCUT2D eigenvalue weighted by Crippen LogP contribution is 2.22. The van der Waals surface area contributed by atoms with Gasteiger partial charge in [-0.1, -0.05) is 6.07 Å². The number of nitrogens with zero attached hydrogens (tertiary/aromatic N) is 1. The summed E-state index contributed by atoms with van der Waals surface area (Å²) in [5, 5.41) is 0. The Hall–Kier alpha value is -2.56. The number of carbonyl (C=O) groups is 1. The summed E-state index contributed by atoms with van der Waals surface area (Å²) in [7, 11) is 1.52. The van der Waals surface area contributed by atoms with Gasteiger partial charge in [0.25, 0.3) is 0 Å². The van der Waals surface area contributed by atoms with E-state index in [0.717, 1.165) is 5.69 Å². The number of aromatic nitrogens is 1.